The zero-order valence-corrected chi connectivity index (χ0v) is 17.1. The minimum atomic E-state index is -0.142. The number of halogens is 1. The van der Waals surface area contributed by atoms with Crippen LogP contribution in [0.15, 0.2) is 33.3 Å². The van der Waals surface area contributed by atoms with Gasteiger partial charge in [-0.2, -0.15) is 12.6 Å². The highest BCUT2D eigenvalue weighted by atomic mass is 127. The third-order valence-corrected chi connectivity index (χ3v) is 2.74. The molecule has 0 saturated heterocycles. The zero-order chi connectivity index (χ0) is 16.6. The molecule has 0 amide bonds. The molecule has 0 aromatic rings. The van der Waals surface area contributed by atoms with E-state index in [1.807, 2.05) is 31.8 Å². The van der Waals surface area contributed by atoms with Crippen LogP contribution in [0, 0.1) is 0 Å². The SMILES string of the molecule is CC.CC.C\C(C(=O)P)=C(N)/C(=C\C=C\I)OCCS. The molecule has 0 fully saturated rings. The van der Waals surface area contributed by atoms with Crippen molar-refractivity contribution in [2.24, 2.45) is 5.73 Å². The van der Waals surface area contributed by atoms with Gasteiger partial charge in [0.25, 0.3) is 0 Å². The number of rotatable bonds is 6. The van der Waals surface area contributed by atoms with Crippen molar-refractivity contribution in [1.29, 1.82) is 0 Å². The molecular weight excluding hydrogens is 404 g/mol. The van der Waals surface area contributed by atoms with Gasteiger partial charge >= 0.3 is 0 Å². The number of thiol groups is 1. The zero-order valence-electron chi connectivity index (χ0n) is 12.9. The van der Waals surface area contributed by atoms with Gasteiger partial charge in [-0.3, -0.25) is 4.79 Å². The Labute approximate surface area is 145 Å². The van der Waals surface area contributed by atoms with E-state index in [4.69, 9.17) is 10.5 Å². The maximum absolute atomic E-state index is 11.1. The lowest BCUT2D eigenvalue weighted by Crippen LogP contribution is -2.11. The van der Waals surface area contributed by atoms with Crippen LogP contribution < -0.4 is 5.73 Å². The summed E-state index contributed by atoms with van der Waals surface area (Å²) in [6, 6.07) is 0. The first-order valence-corrected chi connectivity index (χ1v) is 8.97. The summed E-state index contributed by atoms with van der Waals surface area (Å²) in [5.41, 5.74) is 6.52. The second-order valence-electron chi connectivity index (χ2n) is 2.82. The Morgan fingerprint density at radius 3 is 2.20 bits per heavy atom. The summed E-state index contributed by atoms with van der Waals surface area (Å²) in [4.78, 5) is 11.1. The molecule has 1 unspecified atom stereocenters. The molecule has 0 saturated carbocycles. The molecule has 3 nitrogen and oxygen atoms in total. The Balaban J connectivity index is -0.000000656. The first kappa shape index (κ1) is 25.0. The van der Waals surface area contributed by atoms with Crippen LogP contribution in [-0.4, -0.2) is 17.9 Å². The fraction of sp³-hybridized carbons (Fsp3) is 0.500. The summed E-state index contributed by atoms with van der Waals surface area (Å²) >= 11 is 6.14. The average Bonchev–Trinajstić information content (AvgIpc) is 2.50. The van der Waals surface area contributed by atoms with Crippen LogP contribution in [0.25, 0.3) is 0 Å². The molecule has 0 spiro atoms. The maximum Gasteiger partial charge on any atom is 0.175 e. The lowest BCUT2D eigenvalue weighted by atomic mass is 10.2. The summed E-state index contributed by atoms with van der Waals surface area (Å²) in [7, 11) is 2.09. The van der Waals surface area contributed by atoms with Crippen LogP contribution in [0.3, 0.4) is 0 Å². The van der Waals surface area contributed by atoms with Gasteiger partial charge in [0.15, 0.2) is 5.52 Å². The molecule has 1 atom stereocenters. The van der Waals surface area contributed by atoms with Gasteiger partial charge in [0, 0.05) is 11.3 Å². The molecule has 0 aliphatic heterocycles. The van der Waals surface area contributed by atoms with Crippen LogP contribution in [0.4, 0.5) is 0 Å². The van der Waals surface area contributed by atoms with E-state index in [2.05, 4.69) is 44.5 Å². The van der Waals surface area contributed by atoms with Gasteiger partial charge in [0.2, 0.25) is 0 Å². The molecule has 0 heterocycles. The molecule has 0 aliphatic rings. The summed E-state index contributed by atoms with van der Waals surface area (Å²) in [6.45, 7) is 10.1. The van der Waals surface area contributed by atoms with E-state index in [0.717, 1.165) is 0 Å². The Hall–Kier alpha value is -0.000000000000000167. The van der Waals surface area contributed by atoms with Gasteiger partial charge in [-0.15, -0.1) is 0 Å². The van der Waals surface area contributed by atoms with E-state index in [1.165, 1.54) is 0 Å². The number of hydrogen-bond acceptors (Lipinski definition) is 4. The Morgan fingerprint density at radius 1 is 1.35 bits per heavy atom. The lowest BCUT2D eigenvalue weighted by Gasteiger charge is -2.11. The molecule has 20 heavy (non-hydrogen) atoms. The van der Waals surface area contributed by atoms with Crippen LogP contribution in [-0.2, 0) is 9.53 Å². The Bertz CT molecular complexity index is 342. The summed E-state index contributed by atoms with van der Waals surface area (Å²) < 4.78 is 7.24. The first-order valence-electron chi connectivity index (χ1n) is 6.51. The fourth-order valence-corrected chi connectivity index (χ4v) is 1.27. The maximum atomic E-state index is 11.1. The van der Waals surface area contributed by atoms with Crippen LogP contribution in [0.1, 0.15) is 34.6 Å². The molecule has 6 heteroatoms. The van der Waals surface area contributed by atoms with Crippen LogP contribution >= 0.6 is 44.5 Å². The van der Waals surface area contributed by atoms with Crippen LogP contribution in [0.5, 0.6) is 0 Å². The van der Waals surface area contributed by atoms with Crippen molar-refractivity contribution in [3.05, 3.63) is 33.3 Å². The number of hydrogen-bond donors (Lipinski definition) is 2. The minimum absolute atomic E-state index is 0.142. The van der Waals surface area contributed by atoms with Crippen molar-refractivity contribution in [2.45, 2.75) is 34.6 Å². The van der Waals surface area contributed by atoms with Crippen molar-refractivity contribution >= 4 is 50.0 Å². The van der Waals surface area contributed by atoms with Crippen molar-refractivity contribution in [3.63, 3.8) is 0 Å². The number of nitrogens with two attached hydrogens (primary N) is 1. The Morgan fingerprint density at radius 2 is 1.85 bits per heavy atom. The second-order valence-corrected chi connectivity index (χ2v) is 4.52. The monoisotopic (exact) mass is 431 g/mol. The van der Waals surface area contributed by atoms with Gasteiger partial charge in [-0.25, -0.2) is 0 Å². The normalized spacial score (nSPS) is 11.7. The predicted octanol–water partition coefficient (Wildman–Crippen LogP) is 4.45. The molecule has 0 aromatic carbocycles. The summed E-state index contributed by atoms with van der Waals surface area (Å²) in [6.07, 6.45) is 3.52. The molecule has 118 valence electrons. The molecule has 0 aliphatic carbocycles. The standard InChI is InChI=1S/C10H15INO2PS.2C2H6/c1-7(10(13)15)9(12)8(3-2-4-11)14-5-6-16;2*1-2/h2-4,16H,5-6,12,15H2,1H3;2*1-2H3/b4-2+,8-3+,9-7-;;. The summed E-state index contributed by atoms with van der Waals surface area (Å²) in [5.74, 6) is 1.09. The number of ether oxygens (including phenoxy) is 1. The van der Waals surface area contributed by atoms with E-state index in [1.54, 1.807) is 19.1 Å². The Kier molecular flexibility index (Phi) is 23.7. The van der Waals surface area contributed by atoms with E-state index >= 15 is 0 Å². The van der Waals surface area contributed by atoms with Crippen molar-refractivity contribution < 1.29 is 9.53 Å². The molecule has 0 aromatic heterocycles. The third kappa shape index (κ3) is 13.0. The van der Waals surface area contributed by atoms with Crippen molar-refractivity contribution in [1.82, 2.24) is 0 Å². The van der Waals surface area contributed by atoms with E-state index in [-0.39, 0.29) is 5.52 Å². The fourth-order valence-electron chi connectivity index (χ4n) is 0.813. The topological polar surface area (TPSA) is 52.3 Å². The highest BCUT2D eigenvalue weighted by Gasteiger charge is 2.09. The van der Waals surface area contributed by atoms with Gasteiger partial charge in [0.05, 0.1) is 12.3 Å². The second kappa shape index (κ2) is 19.0. The lowest BCUT2D eigenvalue weighted by molar-refractivity contribution is -0.108. The van der Waals surface area contributed by atoms with Gasteiger partial charge in [0.1, 0.15) is 5.76 Å². The average molecular weight is 431 g/mol. The largest absolute Gasteiger partial charge is 0.491 e. The highest BCUT2D eigenvalue weighted by molar-refractivity contribution is 14.1. The molecule has 0 rings (SSSR count). The summed E-state index contributed by atoms with van der Waals surface area (Å²) in [5, 5.41) is 0. The minimum Gasteiger partial charge on any atom is -0.491 e. The van der Waals surface area contributed by atoms with E-state index in [9.17, 15) is 4.79 Å². The quantitative estimate of drug-likeness (QED) is 0.163. The third-order valence-electron chi connectivity index (χ3n) is 1.71. The van der Waals surface area contributed by atoms with Gasteiger partial charge in [-0.1, -0.05) is 65.6 Å². The molecule has 0 radical (unpaired) electrons. The molecule has 2 N–H and O–H groups in total. The predicted molar refractivity (Wildman–Crippen MR) is 105 cm³/mol. The van der Waals surface area contributed by atoms with Crippen LogP contribution in [0.2, 0.25) is 0 Å². The molecular formula is C14H27INO2PS. The van der Waals surface area contributed by atoms with Crippen molar-refractivity contribution in [2.75, 3.05) is 12.4 Å². The van der Waals surface area contributed by atoms with E-state index < -0.39 is 0 Å². The van der Waals surface area contributed by atoms with E-state index in [0.29, 0.717) is 29.4 Å². The number of allylic oxidation sites excluding steroid dienone is 3. The highest BCUT2D eigenvalue weighted by Crippen LogP contribution is 2.14. The molecule has 0 bridgehead atoms. The number of carbonyl (C=O) groups excluding carboxylic acids is 1. The van der Waals surface area contributed by atoms with Gasteiger partial charge in [-0.05, 0) is 17.1 Å². The first-order chi connectivity index (χ1) is 9.54. The number of carbonyl (C=O) groups is 1. The smallest absolute Gasteiger partial charge is 0.175 e. The van der Waals surface area contributed by atoms with Gasteiger partial charge < -0.3 is 10.5 Å². The van der Waals surface area contributed by atoms with Crippen molar-refractivity contribution in [3.8, 4) is 0 Å².